The molecular weight excluding hydrogens is 432 g/mol. The van der Waals surface area contributed by atoms with Crippen molar-refractivity contribution in [2.75, 3.05) is 18.6 Å². The number of fused-ring (bicyclic) bond motifs is 2. The fourth-order valence-electron chi connectivity index (χ4n) is 5.00. The predicted octanol–water partition coefficient (Wildman–Crippen LogP) is 4.43. The zero-order chi connectivity index (χ0) is 23.2. The van der Waals surface area contributed by atoms with E-state index in [9.17, 15) is 14.4 Å². The maximum Gasteiger partial charge on any atom is 0.332 e. The number of rotatable bonds is 6. The zero-order valence-corrected chi connectivity index (χ0v) is 19.6. The number of hydrogen-bond acceptors (Lipinski definition) is 5. The minimum absolute atomic E-state index is 0.197. The van der Waals surface area contributed by atoms with Gasteiger partial charge in [-0.2, -0.15) is 0 Å². The molecule has 32 heavy (non-hydrogen) atoms. The van der Waals surface area contributed by atoms with E-state index in [2.05, 4.69) is 12.2 Å². The second-order valence-corrected chi connectivity index (χ2v) is 10.2. The van der Waals surface area contributed by atoms with Crippen LogP contribution in [-0.4, -0.2) is 48.1 Å². The smallest absolute Gasteiger partial charge is 0.332 e. The highest BCUT2D eigenvalue weighted by molar-refractivity contribution is 6.31. The molecule has 172 valence electrons. The molecule has 2 aliphatic carbocycles. The number of urea groups is 1. The molecule has 3 unspecified atom stereocenters. The van der Waals surface area contributed by atoms with Gasteiger partial charge < -0.3 is 14.4 Å². The molecule has 1 aromatic rings. The van der Waals surface area contributed by atoms with Crippen molar-refractivity contribution in [3.63, 3.8) is 0 Å². The molecule has 1 saturated carbocycles. The molecule has 3 amide bonds. The molecule has 1 heterocycles. The largest absolute Gasteiger partial charge is 0.495 e. The Labute approximate surface area is 193 Å². The highest BCUT2D eigenvalue weighted by Crippen LogP contribution is 2.45. The van der Waals surface area contributed by atoms with Crippen molar-refractivity contribution >= 4 is 35.2 Å². The molecular formula is C24H29ClN2O5. The van der Waals surface area contributed by atoms with Gasteiger partial charge in [0.2, 0.25) is 0 Å². The number of imide groups is 1. The quantitative estimate of drug-likeness (QED) is 0.356. The van der Waals surface area contributed by atoms with Crippen LogP contribution in [0.25, 0.3) is 0 Å². The Bertz CT molecular complexity index is 970. The normalized spacial score (nSPS) is 26.9. The van der Waals surface area contributed by atoms with E-state index >= 15 is 0 Å². The van der Waals surface area contributed by atoms with Crippen LogP contribution in [0.15, 0.2) is 30.4 Å². The molecule has 0 radical (unpaired) electrons. The van der Waals surface area contributed by atoms with E-state index in [1.807, 2.05) is 0 Å². The van der Waals surface area contributed by atoms with Crippen LogP contribution in [0.1, 0.15) is 40.0 Å². The Morgan fingerprint density at radius 3 is 2.53 bits per heavy atom. The first-order valence-electron chi connectivity index (χ1n) is 11.0. The summed E-state index contributed by atoms with van der Waals surface area (Å²) < 4.78 is 10.8. The number of ether oxygens (including phenoxy) is 2. The molecule has 3 aliphatic rings. The van der Waals surface area contributed by atoms with Gasteiger partial charge in [0, 0.05) is 11.6 Å². The molecule has 7 nitrogen and oxygen atoms in total. The Hall–Kier alpha value is -2.54. The van der Waals surface area contributed by atoms with Crippen molar-refractivity contribution in [2.24, 2.45) is 17.8 Å². The van der Waals surface area contributed by atoms with Crippen molar-refractivity contribution < 1.29 is 23.9 Å². The first kappa shape index (κ1) is 22.6. The fraction of sp³-hybridized carbons (Fsp3) is 0.542. The molecule has 4 rings (SSSR count). The third-order valence-corrected chi connectivity index (χ3v) is 6.56. The highest BCUT2D eigenvalue weighted by Gasteiger charge is 2.50. The van der Waals surface area contributed by atoms with Gasteiger partial charge in [-0.1, -0.05) is 23.8 Å². The van der Waals surface area contributed by atoms with Gasteiger partial charge in [0.1, 0.15) is 17.4 Å². The number of allylic oxidation sites excluding steroid dienone is 2. The Balaban J connectivity index is 1.64. The summed E-state index contributed by atoms with van der Waals surface area (Å²) in [5.41, 5.74) is -0.404. The van der Waals surface area contributed by atoms with Gasteiger partial charge in [0.25, 0.3) is 5.91 Å². The van der Waals surface area contributed by atoms with Crippen molar-refractivity contribution in [1.82, 2.24) is 4.90 Å². The van der Waals surface area contributed by atoms with Crippen molar-refractivity contribution in [2.45, 2.75) is 51.7 Å². The van der Waals surface area contributed by atoms with Gasteiger partial charge >= 0.3 is 12.0 Å². The Kier molecular flexibility index (Phi) is 5.96. The van der Waals surface area contributed by atoms with Crippen LogP contribution in [-0.2, 0) is 14.3 Å². The number of nitrogens with zero attached hydrogens (tertiary/aromatic N) is 2. The van der Waals surface area contributed by atoms with Gasteiger partial charge in [-0.15, -0.1) is 0 Å². The predicted molar refractivity (Wildman–Crippen MR) is 121 cm³/mol. The highest BCUT2D eigenvalue weighted by atomic mass is 35.5. The lowest BCUT2D eigenvalue weighted by Crippen LogP contribution is -2.41. The standard InChI is InChI=1S/C24H29ClN2O5/c1-24(2,3)32-21(28)12-19-22(29)27(18-11-17(25)7-8-20(18)31-4)23(30)26(19)13-16-10-14-5-6-15(16)9-14/h5-8,11,14-16,19H,9-10,12-13H2,1-4H3/t14?,15?,16?,19-/m0/s1. The van der Waals surface area contributed by atoms with Crippen LogP contribution in [0, 0.1) is 17.8 Å². The van der Waals surface area contributed by atoms with Crippen LogP contribution in [0.4, 0.5) is 10.5 Å². The molecule has 0 aromatic heterocycles. The van der Waals surface area contributed by atoms with Crippen molar-refractivity contribution in [3.05, 3.63) is 35.4 Å². The van der Waals surface area contributed by atoms with Crippen LogP contribution in [0.3, 0.4) is 0 Å². The second-order valence-electron chi connectivity index (χ2n) is 9.77. The van der Waals surface area contributed by atoms with E-state index in [0.29, 0.717) is 29.2 Å². The molecule has 1 saturated heterocycles. The topological polar surface area (TPSA) is 76.2 Å². The van der Waals surface area contributed by atoms with E-state index in [0.717, 1.165) is 17.7 Å². The summed E-state index contributed by atoms with van der Waals surface area (Å²) in [6.07, 6.45) is 6.32. The lowest BCUT2D eigenvalue weighted by Gasteiger charge is -2.28. The van der Waals surface area contributed by atoms with Crippen molar-refractivity contribution in [1.29, 1.82) is 0 Å². The number of methoxy groups -OCH3 is 1. The number of carbonyl (C=O) groups excluding carboxylic acids is 3. The van der Waals surface area contributed by atoms with E-state index in [1.165, 1.54) is 18.1 Å². The molecule has 1 aromatic carbocycles. The number of amides is 3. The molecule has 1 aliphatic heterocycles. The van der Waals surface area contributed by atoms with Crippen molar-refractivity contribution in [3.8, 4) is 5.75 Å². The van der Waals surface area contributed by atoms with Crippen LogP contribution < -0.4 is 9.64 Å². The number of benzene rings is 1. The van der Waals surface area contributed by atoms with Gasteiger partial charge in [0.15, 0.2) is 0 Å². The molecule has 0 spiro atoms. The number of carbonyl (C=O) groups is 3. The Morgan fingerprint density at radius 2 is 1.94 bits per heavy atom. The lowest BCUT2D eigenvalue weighted by atomic mass is 9.92. The number of esters is 1. The second kappa shape index (κ2) is 8.43. The average Bonchev–Trinajstić information content (AvgIpc) is 3.37. The average molecular weight is 461 g/mol. The van der Waals surface area contributed by atoms with Crippen LogP contribution >= 0.6 is 11.6 Å². The summed E-state index contributed by atoms with van der Waals surface area (Å²) in [6.45, 7) is 5.74. The molecule has 4 atom stereocenters. The monoisotopic (exact) mass is 460 g/mol. The summed E-state index contributed by atoms with van der Waals surface area (Å²) in [4.78, 5) is 42.2. The lowest BCUT2D eigenvalue weighted by molar-refractivity contribution is -0.156. The fourth-order valence-corrected chi connectivity index (χ4v) is 5.17. The summed E-state index contributed by atoms with van der Waals surface area (Å²) >= 11 is 6.16. The minimum atomic E-state index is -0.927. The Morgan fingerprint density at radius 1 is 1.19 bits per heavy atom. The van der Waals surface area contributed by atoms with E-state index in [1.54, 1.807) is 32.9 Å². The number of anilines is 1. The van der Waals surface area contributed by atoms with Gasteiger partial charge in [-0.25, -0.2) is 9.69 Å². The first-order valence-corrected chi connectivity index (χ1v) is 11.3. The summed E-state index contributed by atoms with van der Waals surface area (Å²) in [5, 5.41) is 0.377. The van der Waals surface area contributed by atoms with Crippen LogP contribution in [0.2, 0.25) is 5.02 Å². The third kappa shape index (κ3) is 4.35. The summed E-state index contributed by atoms with van der Waals surface area (Å²) in [6, 6.07) is 3.39. The molecule has 2 fully saturated rings. The first-order chi connectivity index (χ1) is 15.1. The molecule has 0 N–H and O–H groups in total. The zero-order valence-electron chi connectivity index (χ0n) is 18.8. The maximum absolute atomic E-state index is 13.5. The minimum Gasteiger partial charge on any atom is -0.495 e. The van der Waals surface area contributed by atoms with E-state index in [4.69, 9.17) is 21.1 Å². The molecule has 2 bridgehead atoms. The summed E-state index contributed by atoms with van der Waals surface area (Å²) in [5.74, 6) is 0.578. The number of halogens is 1. The SMILES string of the molecule is COc1ccc(Cl)cc1N1C(=O)[C@H](CC(=O)OC(C)(C)C)N(CC2CC3C=CC2C3)C1=O. The van der Waals surface area contributed by atoms with E-state index in [-0.39, 0.29) is 18.0 Å². The summed E-state index contributed by atoms with van der Waals surface area (Å²) in [7, 11) is 1.47. The van der Waals surface area contributed by atoms with Crippen LogP contribution in [0.5, 0.6) is 5.75 Å². The van der Waals surface area contributed by atoms with Gasteiger partial charge in [-0.05, 0) is 69.6 Å². The van der Waals surface area contributed by atoms with Gasteiger partial charge in [-0.3, -0.25) is 9.59 Å². The molecule has 8 heteroatoms. The van der Waals surface area contributed by atoms with E-state index < -0.39 is 29.6 Å². The van der Waals surface area contributed by atoms with Gasteiger partial charge in [0.05, 0.1) is 19.2 Å². The third-order valence-electron chi connectivity index (χ3n) is 6.33. The number of hydrogen-bond donors (Lipinski definition) is 0. The maximum atomic E-state index is 13.5.